The number of aryl methyl sites for hydroxylation is 1. The number of aromatic nitrogens is 2. The third-order valence-corrected chi connectivity index (χ3v) is 4.88. The van der Waals surface area contributed by atoms with Gasteiger partial charge in [-0.1, -0.05) is 6.08 Å². The number of aliphatic hydroxyl groups excluding tert-OH is 1. The average Bonchev–Trinajstić information content (AvgIpc) is 2.66. The highest BCUT2D eigenvalue weighted by Gasteiger charge is 2.36. The van der Waals surface area contributed by atoms with E-state index in [1.807, 2.05) is 0 Å². The molecule has 1 aromatic rings. The van der Waals surface area contributed by atoms with Crippen molar-refractivity contribution in [3.8, 4) is 0 Å². The molecule has 1 heterocycles. The molecule has 0 aliphatic carbocycles. The Morgan fingerprint density at radius 1 is 1.47 bits per heavy atom. The van der Waals surface area contributed by atoms with Crippen LogP contribution < -0.4 is 0 Å². The first-order valence-electron chi connectivity index (χ1n) is 5.94. The molecule has 1 rings (SSSR count). The molecule has 0 unspecified atom stereocenters. The van der Waals surface area contributed by atoms with Gasteiger partial charge >= 0.3 is 0 Å². The monoisotopic (exact) mass is 287 g/mol. The van der Waals surface area contributed by atoms with E-state index in [1.165, 1.54) is 10.4 Å². The molecule has 0 bridgehead atoms. The van der Waals surface area contributed by atoms with Gasteiger partial charge in [-0.25, -0.2) is 8.42 Å². The Balaban J connectivity index is 3.39. The van der Waals surface area contributed by atoms with Crippen molar-refractivity contribution in [1.29, 1.82) is 0 Å². The summed E-state index contributed by atoms with van der Waals surface area (Å²) < 4.78 is 26.6. The Hall–Kier alpha value is -1.18. The van der Waals surface area contributed by atoms with Crippen LogP contribution in [0.3, 0.4) is 0 Å². The number of nitrogens with one attached hydrogen (secondary N) is 1. The first kappa shape index (κ1) is 15.9. The SMILES string of the molecule is C=CCN(C(C)(C)C)S(=O)(=O)c1n[nH]c(C)c1CO. The van der Waals surface area contributed by atoms with Gasteiger partial charge in [0.1, 0.15) is 0 Å². The number of rotatable bonds is 5. The van der Waals surface area contributed by atoms with Crippen molar-refractivity contribution in [1.82, 2.24) is 14.5 Å². The molecule has 0 spiro atoms. The van der Waals surface area contributed by atoms with Crippen molar-refractivity contribution in [2.24, 2.45) is 0 Å². The fraction of sp³-hybridized carbons (Fsp3) is 0.583. The summed E-state index contributed by atoms with van der Waals surface area (Å²) in [5.74, 6) is 0. The highest BCUT2D eigenvalue weighted by Crippen LogP contribution is 2.26. The van der Waals surface area contributed by atoms with E-state index in [2.05, 4.69) is 16.8 Å². The molecule has 0 aliphatic heterocycles. The van der Waals surface area contributed by atoms with Crippen molar-refractivity contribution in [2.75, 3.05) is 6.54 Å². The molecule has 0 aliphatic rings. The Labute approximate surface area is 114 Å². The van der Waals surface area contributed by atoms with Gasteiger partial charge in [0.25, 0.3) is 10.0 Å². The van der Waals surface area contributed by atoms with Crippen LogP contribution in [-0.4, -0.2) is 40.1 Å². The molecule has 0 radical (unpaired) electrons. The van der Waals surface area contributed by atoms with E-state index in [1.54, 1.807) is 27.7 Å². The molecule has 0 fully saturated rings. The minimum Gasteiger partial charge on any atom is -0.392 e. The standard InChI is InChI=1S/C12H21N3O3S/c1-6-7-15(12(3,4)5)19(17,18)11-10(8-16)9(2)13-14-11/h6,16H,1,7-8H2,2-5H3,(H,13,14). The van der Waals surface area contributed by atoms with E-state index in [-0.39, 0.29) is 18.2 Å². The van der Waals surface area contributed by atoms with Crippen molar-refractivity contribution in [3.63, 3.8) is 0 Å². The Morgan fingerprint density at radius 3 is 2.47 bits per heavy atom. The van der Waals surface area contributed by atoms with E-state index >= 15 is 0 Å². The topological polar surface area (TPSA) is 86.3 Å². The quantitative estimate of drug-likeness (QED) is 0.796. The minimum absolute atomic E-state index is 0.121. The van der Waals surface area contributed by atoms with Gasteiger partial charge in [-0.2, -0.15) is 9.40 Å². The van der Waals surface area contributed by atoms with Gasteiger partial charge in [-0.3, -0.25) is 5.10 Å². The molecule has 0 amide bonds. The summed E-state index contributed by atoms with van der Waals surface area (Å²) in [6, 6.07) is 0. The first-order chi connectivity index (χ1) is 8.66. The van der Waals surface area contributed by atoms with Crippen LogP contribution in [0.2, 0.25) is 0 Å². The zero-order valence-electron chi connectivity index (χ0n) is 11.8. The fourth-order valence-corrected chi connectivity index (χ4v) is 3.71. The van der Waals surface area contributed by atoms with Gasteiger partial charge in [-0.05, 0) is 27.7 Å². The Kier molecular flexibility index (Phi) is 4.54. The molecule has 19 heavy (non-hydrogen) atoms. The number of sulfonamides is 1. The molecule has 6 nitrogen and oxygen atoms in total. The molecule has 1 aromatic heterocycles. The zero-order chi connectivity index (χ0) is 14.8. The fourth-order valence-electron chi connectivity index (χ4n) is 1.78. The summed E-state index contributed by atoms with van der Waals surface area (Å²) in [4.78, 5) is 0. The molecule has 0 atom stereocenters. The second-order valence-electron chi connectivity index (χ2n) is 5.29. The summed E-state index contributed by atoms with van der Waals surface area (Å²) in [6.45, 7) is 10.5. The minimum atomic E-state index is -3.78. The number of H-pyrrole nitrogens is 1. The van der Waals surface area contributed by atoms with Gasteiger partial charge < -0.3 is 5.11 Å². The summed E-state index contributed by atoms with van der Waals surface area (Å²) in [6.07, 6.45) is 1.53. The highest BCUT2D eigenvalue weighted by molar-refractivity contribution is 7.89. The first-order valence-corrected chi connectivity index (χ1v) is 7.38. The number of nitrogens with zero attached hydrogens (tertiary/aromatic N) is 2. The van der Waals surface area contributed by atoms with Crippen LogP contribution >= 0.6 is 0 Å². The maximum absolute atomic E-state index is 12.6. The maximum atomic E-state index is 12.6. The summed E-state index contributed by atoms with van der Waals surface area (Å²) in [5, 5.41) is 15.6. The normalized spacial score (nSPS) is 12.9. The van der Waals surface area contributed by atoms with Gasteiger partial charge in [0, 0.05) is 23.3 Å². The number of hydrogen-bond donors (Lipinski definition) is 2. The molecule has 2 N–H and O–H groups in total. The Morgan fingerprint density at radius 2 is 2.05 bits per heavy atom. The third-order valence-electron chi connectivity index (χ3n) is 2.77. The van der Waals surface area contributed by atoms with Gasteiger partial charge in [0.05, 0.1) is 6.61 Å². The molecule has 108 valence electrons. The van der Waals surface area contributed by atoms with Crippen LogP contribution in [0, 0.1) is 6.92 Å². The second kappa shape index (κ2) is 5.44. The zero-order valence-corrected chi connectivity index (χ0v) is 12.6. The maximum Gasteiger partial charge on any atom is 0.263 e. The van der Waals surface area contributed by atoms with Crippen LogP contribution in [0.25, 0.3) is 0 Å². The molecule has 0 saturated heterocycles. The average molecular weight is 287 g/mol. The van der Waals surface area contributed by atoms with Crippen molar-refractivity contribution in [3.05, 3.63) is 23.9 Å². The van der Waals surface area contributed by atoms with Gasteiger partial charge in [-0.15, -0.1) is 6.58 Å². The van der Waals surface area contributed by atoms with Crippen molar-refractivity contribution in [2.45, 2.75) is 44.9 Å². The largest absolute Gasteiger partial charge is 0.392 e. The van der Waals surface area contributed by atoms with Gasteiger partial charge in [0.15, 0.2) is 5.03 Å². The van der Waals surface area contributed by atoms with Crippen molar-refractivity contribution < 1.29 is 13.5 Å². The van der Waals surface area contributed by atoms with Gasteiger partial charge in [0.2, 0.25) is 0 Å². The highest BCUT2D eigenvalue weighted by atomic mass is 32.2. The Bertz CT molecular complexity index is 555. The molecule has 7 heteroatoms. The molecule has 0 aromatic carbocycles. The smallest absolute Gasteiger partial charge is 0.263 e. The lowest BCUT2D eigenvalue weighted by Crippen LogP contribution is -2.45. The van der Waals surface area contributed by atoms with E-state index in [4.69, 9.17) is 0 Å². The summed E-state index contributed by atoms with van der Waals surface area (Å²) >= 11 is 0. The van der Waals surface area contributed by atoms with Crippen molar-refractivity contribution >= 4 is 10.0 Å². The second-order valence-corrected chi connectivity index (χ2v) is 7.06. The molecule has 0 saturated carbocycles. The lowest BCUT2D eigenvalue weighted by molar-refractivity contribution is 0.263. The lowest BCUT2D eigenvalue weighted by Gasteiger charge is -2.33. The van der Waals surface area contributed by atoms with Crippen LogP contribution in [0.4, 0.5) is 0 Å². The number of aliphatic hydroxyl groups is 1. The summed E-state index contributed by atoms with van der Waals surface area (Å²) in [5.41, 5.74) is 0.249. The lowest BCUT2D eigenvalue weighted by atomic mass is 10.1. The van der Waals surface area contributed by atoms with E-state index in [0.717, 1.165) is 0 Å². The van der Waals surface area contributed by atoms with E-state index in [0.29, 0.717) is 11.3 Å². The van der Waals surface area contributed by atoms with Crippen LogP contribution in [0.15, 0.2) is 17.7 Å². The predicted molar refractivity (Wildman–Crippen MR) is 73.1 cm³/mol. The summed E-state index contributed by atoms with van der Waals surface area (Å²) in [7, 11) is -3.78. The molecular formula is C12H21N3O3S. The van der Waals surface area contributed by atoms with Crippen LogP contribution in [0.1, 0.15) is 32.0 Å². The van der Waals surface area contributed by atoms with E-state index < -0.39 is 15.6 Å². The predicted octanol–water partition coefficient (Wildman–Crippen LogP) is 1.19. The van der Waals surface area contributed by atoms with Crippen LogP contribution in [-0.2, 0) is 16.6 Å². The molecular weight excluding hydrogens is 266 g/mol. The number of hydrogen-bond acceptors (Lipinski definition) is 4. The number of aromatic amines is 1. The van der Waals surface area contributed by atoms with E-state index in [9.17, 15) is 13.5 Å². The third kappa shape index (κ3) is 3.05. The van der Waals surface area contributed by atoms with Crippen LogP contribution in [0.5, 0.6) is 0 Å².